The van der Waals surface area contributed by atoms with E-state index in [9.17, 15) is 4.79 Å². The molecule has 2 N–H and O–H groups in total. The molecule has 0 bridgehead atoms. The van der Waals surface area contributed by atoms with Crippen LogP contribution in [-0.4, -0.2) is 5.91 Å². The third kappa shape index (κ3) is 25.1. The number of rotatable bonds is 25. The molecule has 0 saturated carbocycles. The molecule has 0 rings (SSSR count). The van der Waals surface area contributed by atoms with E-state index >= 15 is 0 Å². The van der Waals surface area contributed by atoms with Gasteiger partial charge in [-0.05, 0) is 32.1 Å². The summed E-state index contributed by atoms with van der Waals surface area (Å²) in [6.45, 7) is 4.21. The smallest absolute Gasteiger partial charge is 0.220 e. The number of nitrogens with two attached hydrogens (primary N) is 1. The molecule has 0 fully saturated rings. The lowest BCUT2D eigenvalue weighted by atomic mass is 9.97. The van der Waals surface area contributed by atoms with Crippen molar-refractivity contribution < 1.29 is 4.79 Å². The molecule has 0 aromatic rings. The molecule has 1 unspecified atom stereocenters. The van der Waals surface area contributed by atoms with E-state index in [2.05, 4.69) is 62.5 Å². The SMILES string of the molecule is CCC=CC=CC=CC=CCCCCCCCCCCCCCCCCCCC(CC)C(N)=O. The second-order valence-corrected chi connectivity index (χ2v) is 9.78. The zero-order valence-electron chi connectivity index (χ0n) is 22.8. The normalized spacial score (nSPS) is 13.2. The third-order valence-electron chi connectivity index (χ3n) is 6.63. The maximum atomic E-state index is 11.2. The van der Waals surface area contributed by atoms with E-state index in [0.717, 1.165) is 25.7 Å². The number of carbonyl (C=O) groups excluding carboxylic acids is 1. The van der Waals surface area contributed by atoms with Crippen LogP contribution in [0, 0.1) is 5.92 Å². The Labute approximate surface area is 213 Å². The van der Waals surface area contributed by atoms with Crippen LogP contribution in [0.5, 0.6) is 0 Å². The summed E-state index contributed by atoms with van der Waals surface area (Å²) < 4.78 is 0. The van der Waals surface area contributed by atoms with Crippen molar-refractivity contribution in [3.8, 4) is 0 Å². The number of amides is 1. The molecule has 0 aliphatic heterocycles. The maximum absolute atomic E-state index is 11.2. The van der Waals surface area contributed by atoms with Gasteiger partial charge in [0.15, 0.2) is 0 Å². The molecule has 0 aliphatic rings. The summed E-state index contributed by atoms with van der Waals surface area (Å²) in [7, 11) is 0. The minimum Gasteiger partial charge on any atom is -0.369 e. The molecule has 0 heterocycles. The van der Waals surface area contributed by atoms with Gasteiger partial charge in [0.1, 0.15) is 0 Å². The van der Waals surface area contributed by atoms with Crippen LogP contribution < -0.4 is 5.73 Å². The highest BCUT2D eigenvalue weighted by molar-refractivity contribution is 5.76. The number of hydrogen-bond donors (Lipinski definition) is 1. The molecular weight excluding hydrogens is 414 g/mol. The standard InChI is InChI=1S/C32H57NO/c1-3-5-6-7-8-9-10-11-12-13-14-15-16-17-18-19-20-21-22-23-24-25-26-27-28-29-30-31(4-2)32(33)34/h5-12,31H,3-4,13-30H2,1-2H3,(H2,33,34). The molecule has 0 saturated heterocycles. The molecule has 2 nitrogen and oxygen atoms in total. The lowest BCUT2D eigenvalue weighted by Gasteiger charge is -2.09. The van der Waals surface area contributed by atoms with Crippen LogP contribution in [0.1, 0.15) is 142 Å². The van der Waals surface area contributed by atoms with Crippen LogP contribution >= 0.6 is 0 Å². The van der Waals surface area contributed by atoms with Gasteiger partial charge >= 0.3 is 0 Å². The van der Waals surface area contributed by atoms with Gasteiger partial charge in [-0.1, -0.05) is 159 Å². The number of allylic oxidation sites excluding steroid dienone is 8. The van der Waals surface area contributed by atoms with Crippen LogP contribution in [0.25, 0.3) is 0 Å². The van der Waals surface area contributed by atoms with Gasteiger partial charge in [-0.3, -0.25) is 4.79 Å². The zero-order chi connectivity index (χ0) is 25.0. The summed E-state index contributed by atoms with van der Waals surface area (Å²) in [6, 6.07) is 0. The molecule has 1 atom stereocenters. The van der Waals surface area contributed by atoms with E-state index in [1.54, 1.807) is 0 Å². The van der Waals surface area contributed by atoms with Crippen LogP contribution in [0.4, 0.5) is 0 Å². The number of primary amides is 1. The fourth-order valence-corrected chi connectivity index (χ4v) is 4.32. The third-order valence-corrected chi connectivity index (χ3v) is 6.63. The Balaban J connectivity index is 3.23. The van der Waals surface area contributed by atoms with Crippen LogP contribution in [0.3, 0.4) is 0 Å². The summed E-state index contributed by atoms with van der Waals surface area (Å²) in [4.78, 5) is 11.2. The van der Waals surface area contributed by atoms with Crippen LogP contribution in [-0.2, 0) is 4.79 Å². The Hall–Kier alpha value is -1.57. The maximum Gasteiger partial charge on any atom is 0.220 e. The van der Waals surface area contributed by atoms with Crippen molar-refractivity contribution in [2.45, 2.75) is 142 Å². The highest BCUT2D eigenvalue weighted by Gasteiger charge is 2.11. The molecule has 0 aromatic carbocycles. The first-order valence-electron chi connectivity index (χ1n) is 14.7. The molecular formula is C32H57NO. The lowest BCUT2D eigenvalue weighted by Crippen LogP contribution is -2.22. The monoisotopic (exact) mass is 471 g/mol. The first kappa shape index (κ1) is 32.4. The zero-order valence-corrected chi connectivity index (χ0v) is 22.8. The largest absolute Gasteiger partial charge is 0.369 e. The predicted molar refractivity (Wildman–Crippen MR) is 153 cm³/mol. The number of carbonyl (C=O) groups is 1. The van der Waals surface area contributed by atoms with E-state index in [0.29, 0.717) is 0 Å². The van der Waals surface area contributed by atoms with Gasteiger partial charge in [0.05, 0.1) is 0 Å². The predicted octanol–water partition coefficient (Wildman–Crippen LogP) is 10.2. The Morgan fingerprint density at radius 3 is 1.35 bits per heavy atom. The topological polar surface area (TPSA) is 43.1 Å². The molecule has 0 spiro atoms. The van der Waals surface area contributed by atoms with Crippen molar-refractivity contribution in [2.24, 2.45) is 11.7 Å². The minimum atomic E-state index is -0.116. The van der Waals surface area contributed by atoms with Gasteiger partial charge < -0.3 is 5.73 Å². The quantitative estimate of drug-likeness (QED) is 0.104. The molecule has 1 amide bonds. The number of hydrogen-bond acceptors (Lipinski definition) is 1. The first-order valence-corrected chi connectivity index (χ1v) is 14.7. The summed E-state index contributed by atoms with van der Waals surface area (Å²) in [5.41, 5.74) is 5.41. The summed E-state index contributed by atoms with van der Waals surface area (Å²) in [6.07, 6.45) is 43.2. The van der Waals surface area contributed by atoms with Crippen molar-refractivity contribution in [3.05, 3.63) is 48.6 Å². The molecule has 0 aliphatic carbocycles. The average Bonchev–Trinajstić information content (AvgIpc) is 2.83. The van der Waals surface area contributed by atoms with E-state index < -0.39 is 0 Å². The second-order valence-electron chi connectivity index (χ2n) is 9.78. The first-order chi connectivity index (χ1) is 16.7. The summed E-state index contributed by atoms with van der Waals surface area (Å²) >= 11 is 0. The molecule has 0 radical (unpaired) electrons. The Bertz CT molecular complexity index is 543. The van der Waals surface area contributed by atoms with Crippen LogP contribution in [0.15, 0.2) is 48.6 Å². The van der Waals surface area contributed by atoms with Gasteiger partial charge in [0.25, 0.3) is 0 Å². The molecule has 196 valence electrons. The minimum absolute atomic E-state index is 0.0984. The van der Waals surface area contributed by atoms with E-state index in [1.807, 2.05) is 0 Å². The molecule has 2 heteroatoms. The van der Waals surface area contributed by atoms with Crippen LogP contribution in [0.2, 0.25) is 0 Å². The highest BCUT2D eigenvalue weighted by atomic mass is 16.1. The number of unbranched alkanes of at least 4 members (excludes halogenated alkanes) is 16. The fraction of sp³-hybridized carbons (Fsp3) is 0.719. The van der Waals surface area contributed by atoms with Crippen molar-refractivity contribution in [2.75, 3.05) is 0 Å². The van der Waals surface area contributed by atoms with Crippen molar-refractivity contribution in [3.63, 3.8) is 0 Å². The Morgan fingerprint density at radius 1 is 0.559 bits per heavy atom. The van der Waals surface area contributed by atoms with Crippen molar-refractivity contribution in [1.29, 1.82) is 0 Å². The summed E-state index contributed by atoms with van der Waals surface area (Å²) in [5.74, 6) is -0.0176. The van der Waals surface area contributed by atoms with Crippen molar-refractivity contribution >= 4 is 5.91 Å². The van der Waals surface area contributed by atoms with Gasteiger partial charge in [-0.25, -0.2) is 0 Å². The summed E-state index contributed by atoms with van der Waals surface area (Å²) in [5, 5.41) is 0. The van der Waals surface area contributed by atoms with Gasteiger partial charge in [-0.15, -0.1) is 0 Å². The molecule has 0 aromatic heterocycles. The average molecular weight is 472 g/mol. The Morgan fingerprint density at radius 2 is 0.941 bits per heavy atom. The Kier molecular flexibility index (Phi) is 26.4. The molecule has 34 heavy (non-hydrogen) atoms. The van der Waals surface area contributed by atoms with E-state index in [-0.39, 0.29) is 11.8 Å². The second kappa shape index (κ2) is 27.7. The lowest BCUT2D eigenvalue weighted by molar-refractivity contribution is -0.122. The van der Waals surface area contributed by atoms with Gasteiger partial charge in [-0.2, -0.15) is 0 Å². The van der Waals surface area contributed by atoms with E-state index in [4.69, 9.17) is 5.73 Å². The van der Waals surface area contributed by atoms with Gasteiger partial charge in [0.2, 0.25) is 5.91 Å². The van der Waals surface area contributed by atoms with Gasteiger partial charge in [0, 0.05) is 5.92 Å². The van der Waals surface area contributed by atoms with E-state index in [1.165, 1.54) is 103 Å². The highest BCUT2D eigenvalue weighted by Crippen LogP contribution is 2.16. The van der Waals surface area contributed by atoms with Crippen molar-refractivity contribution in [1.82, 2.24) is 0 Å². The fourth-order valence-electron chi connectivity index (χ4n) is 4.32.